The van der Waals surface area contributed by atoms with Crippen molar-refractivity contribution in [3.63, 3.8) is 0 Å². The molecule has 2 aromatic carbocycles. The molecule has 2 aromatic heterocycles. The van der Waals surface area contributed by atoms with E-state index in [1.807, 2.05) is 61.5 Å². The molecule has 0 bridgehead atoms. The van der Waals surface area contributed by atoms with Gasteiger partial charge in [-0.15, -0.1) is 11.3 Å². The normalized spacial score (nSPS) is 11.0. The van der Waals surface area contributed by atoms with Gasteiger partial charge < -0.3 is 4.74 Å². The highest BCUT2D eigenvalue weighted by Gasteiger charge is 2.08. The smallest absolute Gasteiger partial charge is 0.124 e. The summed E-state index contributed by atoms with van der Waals surface area (Å²) in [5.74, 6) is 0.665. The van der Waals surface area contributed by atoms with Crippen LogP contribution in [-0.4, -0.2) is 28.5 Å². The maximum Gasteiger partial charge on any atom is 0.124 e. The number of hydrogen-bond acceptors (Lipinski definition) is 5. The Kier molecular flexibility index (Phi) is 4.58. The van der Waals surface area contributed by atoms with Crippen molar-refractivity contribution >= 4 is 21.6 Å². The molecule has 0 saturated heterocycles. The van der Waals surface area contributed by atoms with Gasteiger partial charge in [0.05, 0.1) is 21.6 Å². The summed E-state index contributed by atoms with van der Waals surface area (Å²) in [7, 11) is 0. The SMILES string of the molecule is Cc1ccc(-c2ccc(-c3nc4ccc(OCCF)cc4s3)cc2)nn1. The molecular weight excluding hydrogens is 349 g/mol. The van der Waals surface area contributed by atoms with Crippen LogP contribution in [0, 0.1) is 6.92 Å². The van der Waals surface area contributed by atoms with Crippen molar-refractivity contribution in [2.45, 2.75) is 6.92 Å². The molecule has 2 heterocycles. The average molecular weight is 365 g/mol. The van der Waals surface area contributed by atoms with Crippen LogP contribution in [0.3, 0.4) is 0 Å². The first kappa shape index (κ1) is 16.6. The maximum atomic E-state index is 12.2. The Morgan fingerprint density at radius 2 is 1.77 bits per heavy atom. The summed E-state index contributed by atoms with van der Waals surface area (Å²) in [5.41, 5.74) is 4.72. The highest BCUT2D eigenvalue weighted by molar-refractivity contribution is 7.21. The summed E-state index contributed by atoms with van der Waals surface area (Å²) >= 11 is 1.59. The molecule has 4 rings (SSSR count). The molecule has 0 fully saturated rings. The van der Waals surface area contributed by atoms with E-state index in [1.54, 1.807) is 11.3 Å². The van der Waals surface area contributed by atoms with Gasteiger partial charge in [0.15, 0.2) is 0 Å². The van der Waals surface area contributed by atoms with E-state index in [1.165, 1.54) is 0 Å². The molecule has 0 aliphatic rings. The van der Waals surface area contributed by atoms with Gasteiger partial charge in [-0.2, -0.15) is 10.2 Å². The Bertz CT molecular complexity index is 1030. The molecule has 26 heavy (non-hydrogen) atoms. The standard InChI is InChI=1S/C20H16FN3OS/c1-13-2-8-17(24-23-13)14-3-5-15(6-4-14)20-22-18-9-7-16(25-11-10-21)12-19(18)26-20/h2-9,12H,10-11H2,1H3. The highest BCUT2D eigenvalue weighted by Crippen LogP contribution is 2.33. The molecule has 0 radical (unpaired) electrons. The van der Waals surface area contributed by atoms with Gasteiger partial charge in [0.1, 0.15) is 24.0 Å². The molecule has 0 atom stereocenters. The molecule has 6 heteroatoms. The number of nitrogens with zero attached hydrogens (tertiary/aromatic N) is 3. The molecule has 0 N–H and O–H groups in total. The Hall–Kier alpha value is -2.86. The lowest BCUT2D eigenvalue weighted by Crippen LogP contribution is -1.97. The van der Waals surface area contributed by atoms with E-state index in [-0.39, 0.29) is 6.61 Å². The molecule has 0 aliphatic heterocycles. The third-order valence-corrected chi connectivity index (χ3v) is 5.00. The second-order valence-electron chi connectivity index (χ2n) is 5.82. The number of rotatable bonds is 5. The lowest BCUT2D eigenvalue weighted by molar-refractivity contribution is 0.273. The number of benzene rings is 2. The zero-order valence-electron chi connectivity index (χ0n) is 14.1. The van der Waals surface area contributed by atoms with Gasteiger partial charge in [-0.25, -0.2) is 9.37 Å². The molecule has 0 aliphatic carbocycles. The number of hydrogen-bond donors (Lipinski definition) is 0. The van der Waals surface area contributed by atoms with E-state index >= 15 is 0 Å². The minimum atomic E-state index is -0.496. The minimum absolute atomic E-state index is 0.0700. The fourth-order valence-corrected chi connectivity index (χ4v) is 3.61. The van der Waals surface area contributed by atoms with Crippen LogP contribution in [0.4, 0.5) is 4.39 Å². The predicted molar refractivity (Wildman–Crippen MR) is 102 cm³/mol. The Balaban J connectivity index is 1.61. The number of ether oxygens (including phenoxy) is 1. The molecule has 0 unspecified atom stereocenters. The monoisotopic (exact) mass is 365 g/mol. The third-order valence-electron chi connectivity index (χ3n) is 3.93. The zero-order valence-corrected chi connectivity index (χ0v) is 15.0. The van der Waals surface area contributed by atoms with E-state index in [2.05, 4.69) is 15.2 Å². The minimum Gasteiger partial charge on any atom is -0.491 e. The largest absolute Gasteiger partial charge is 0.491 e. The van der Waals surface area contributed by atoms with Crippen LogP contribution in [0.25, 0.3) is 32.0 Å². The number of alkyl halides is 1. The lowest BCUT2D eigenvalue weighted by Gasteiger charge is -2.01. The average Bonchev–Trinajstić information content (AvgIpc) is 3.10. The summed E-state index contributed by atoms with van der Waals surface area (Å²) in [6.07, 6.45) is 0. The Morgan fingerprint density at radius 1 is 0.962 bits per heavy atom. The van der Waals surface area contributed by atoms with E-state index in [9.17, 15) is 4.39 Å². The molecule has 130 valence electrons. The second kappa shape index (κ2) is 7.17. The van der Waals surface area contributed by atoms with Crippen molar-refractivity contribution in [1.82, 2.24) is 15.2 Å². The lowest BCUT2D eigenvalue weighted by atomic mass is 10.1. The van der Waals surface area contributed by atoms with Crippen LogP contribution < -0.4 is 4.74 Å². The first-order valence-corrected chi connectivity index (χ1v) is 9.05. The first-order chi connectivity index (χ1) is 12.7. The van der Waals surface area contributed by atoms with Crippen LogP contribution >= 0.6 is 11.3 Å². The van der Waals surface area contributed by atoms with E-state index in [0.717, 1.165) is 37.7 Å². The van der Waals surface area contributed by atoms with E-state index < -0.39 is 6.67 Å². The van der Waals surface area contributed by atoms with Gasteiger partial charge in [0.25, 0.3) is 0 Å². The number of aryl methyl sites for hydroxylation is 1. The summed E-state index contributed by atoms with van der Waals surface area (Å²) in [5, 5.41) is 9.25. The van der Waals surface area contributed by atoms with Crippen molar-refractivity contribution in [2.24, 2.45) is 0 Å². The zero-order chi connectivity index (χ0) is 17.9. The van der Waals surface area contributed by atoms with Crippen molar-refractivity contribution in [1.29, 1.82) is 0 Å². The number of thiazole rings is 1. The van der Waals surface area contributed by atoms with Gasteiger partial charge in [-0.3, -0.25) is 0 Å². The van der Waals surface area contributed by atoms with Crippen molar-refractivity contribution < 1.29 is 9.13 Å². The van der Waals surface area contributed by atoms with Gasteiger partial charge in [-0.1, -0.05) is 24.3 Å². The fraction of sp³-hybridized carbons (Fsp3) is 0.150. The molecule has 0 amide bonds. The topological polar surface area (TPSA) is 47.9 Å². The van der Waals surface area contributed by atoms with Crippen LogP contribution in [0.5, 0.6) is 5.75 Å². The number of aromatic nitrogens is 3. The third kappa shape index (κ3) is 3.41. The molecule has 0 saturated carbocycles. The highest BCUT2D eigenvalue weighted by atomic mass is 32.1. The Morgan fingerprint density at radius 3 is 2.50 bits per heavy atom. The molecule has 4 nitrogen and oxygen atoms in total. The van der Waals surface area contributed by atoms with Crippen molar-refractivity contribution in [3.05, 3.63) is 60.3 Å². The van der Waals surface area contributed by atoms with E-state index in [4.69, 9.17) is 4.74 Å². The van der Waals surface area contributed by atoms with Crippen LogP contribution in [0.1, 0.15) is 5.69 Å². The predicted octanol–water partition coefficient (Wildman–Crippen LogP) is 5.08. The quantitative estimate of drug-likeness (QED) is 0.495. The van der Waals surface area contributed by atoms with Crippen molar-refractivity contribution in [3.8, 4) is 27.6 Å². The summed E-state index contributed by atoms with van der Waals surface area (Å²) in [6, 6.07) is 17.7. The van der Waals surface area contributed by atoms with Crippen LogP contribution in [0.2, 0.25) is 0 Å². The fourth-order valence-electron chi connectivity index (χ4n) is 2.61. The van der Waals surface area contributed by atoms with E-state index in [0.29, 0.717) is 5.75 Å². The number of fused-ring (bicyclic) bond motifs is 1. The number of halogens is 1. The Labute approximate surface area is 154 Å². The van der Waals surface area contributed by atoms with Gasteiger partial charge in [0, 0.05) is 11.1 Å². The molecule has 0 spiro atoms. The first-order valence-electron chi connectivity index (χ1n) is 8.23. The van der Waals surface area contributed by atoms with Gasteiger partial charge in [0.2, 0.25) is 0 Å². The van der Waals surface area contributed by atoms with Crippen LogP contribution in [-0.2, 0) is 0 Å². The molecule has 4 aromatic rings. The second-order valence-corrected chi connectivity index (χ2v) is 6.85. The summed E-state index contributed by atoms with van der Waals surface area (Å²) in [6.45, 7) is 1.49. The van der Waals surface area contributed by atoms with Gasteiger partial charge >= 0.3 is 0 Å². The summed E-state index contributed by atoms with van der Waals surface area (Å²) < 4.78 is 18.6. The molecular formula is C20H16FN3OS. The van der Waals surface area contributed by atoms with Gasteiger partial charge in [-0.05, 0) is 37.3 Å². The van der Waals surface area contributed by atoms with Crippen LogP contribution in [0.15, 0.2) is 54.6 Å². The van der Waals surface area contributed by atoms with Crippen molar-refractivity contribution in [2.75, 3.05) is 13.3 Å². The summed E-state index contributed by atoms with van der Waals surface area (Å²) in [4.78, 5) is 4.68. The maximum absolute atomic E-state index is 12.2.